The van der Waals surface area contributed by atoms with Crippen molar-refractivity contribution in [1.82, 2.24) is 0 Å². The highest BCUT2D eigenvalue weighted by Crippen LogP contribution is 2.39. The predicted octanol–water partition coefficient (Wildman–Crippen LogP) is -0.0908. The minimum atomic E-state index is -3.06. The maximum atomic E-state index is 12.5. The van der Waals surface area contributed by atoms with E-state index in [-0.39, 0.29) is 11.1 Å². The number of aliphatic hydroxyl groups is 3. The Labute approximate surface area is 219 Å². The first-order chi connectivity index (χ1) is 18.1. The lowest BCUT2D eigenvalue weighted by Gasteiger charge is -2.45. The second-order valence-electron chi connectivity index (χ2n) is 8.80. The van der Waals surface area contributed by atoms with Crippen molar-refractivity contribution >= 4 is 29.8 Å². The summed E-state index contributed by atoms with van der Waals surface area (Å²) in [5, 5.41) is 79.0. The van der Waals surface area contributed by atoms with Crippen LogP contribution in [0.3, 0.4) is 0 Å². The Morgan fingerprint density at radius 2 is 1.51 bits per heavy atom. The van der Waals surface area contributed by atoms with Crippen molar-refractivity contribution in [2.75, 3.05) is 0 Å². The lowest BCUT2D eigenvalue weighted by Crippen LogP contribution is -2.66. The van der Waals surface area contributed by atoms with E-state index in [4.69, 9.17) is 9.47 Å². The van der Waals surface area contributed by atoms with E-state index >= 15 is 0 Å². The third kappa shape index (κ3) is 6.43. The van der Waals surface area contributed by atoms with Gasteiger partial charge in [-0.2, -0.15) is 0 Å². The maximum absolute atomic E-state index is 12.5. The van der Waals surface area contributed by atoms with Gasteiger partial charge in [0.1, 0.15) is 12.5 Å². The summed E-state index contributed by atoms with van der Waals surface area (Å²) in [5.74, 6) is -10.6. The van der Waals surface area contributed by atoms with E-state index in [9.17, 15) is 60.0 Å². The number of aliphatic carboxylic acids is 1. The van der Waals surface area contributed by atoms with Gasteiger partial charge in [-0.05, 0) is 42.0 Å². The van der Waals surface area contributed by atoms with Gasteiger partial charge in [-0.25, -0.2) is 9.59 Å². The van der Waals surface area contributed by atoms with Crippen molar-refractivity contribution < 1.29 is 69.5 Å². The molecule has 0 aliphatic heterocycles. The standard InChI is InChI=1S/C25H24O14/c26-14-4-1-12(7-17(14)29)2-6-21(32)39-25(37)19(31)10-24(36,23(34)35)11-20(25)38-22(33)9-16(28)13-3-5-15(27)18(30)8-13/h1-8,19-20,26-27,29-31,36-37H,9-11H2,(H,34,35). The average molecular weight is 548 g/mol. The molecule has 8 N–H and O–H groups in total. The van der Waals surface area contributed by atoms with Gasteiger partial charge in [0.15, 0.2) is 40.5 Å². The lowest BCUT2D eigenvalue weighted by atomic mass is 9.77. The highest BCUT2D eigenvalue weighted by Gasteiger charge is 2.61. The van der Waals surface area contributed by atoms with Crippen LogP contribution in [-0.2, 0) is 23.9 Å². The van der Waals surface area contributed by atoms with Crippen molar-refractivity contribution in [3.8, 4) is 23.0 Å². The Bertz CT molecular complexity index is 1330. The number of rotatable bonds is 8. The van der Waals surface area contributed by atoms with Crippen LogP contribution in [0, 0.1) is 0 Å². The zero-order valence-electron chi connectivity index (χ0n) is 19.9. The minimum Gasteiger partial charge on any atom is -0.504 e. The molecule has 14 nitrogen and oxygen atoms in total. The summed E-state index contributed by atoms with van der Waals surface area (Å²) in [6.45, 7) is 0. The van der Waals surface area contributed by atoms with Crippen LogP contribution in [0.15, 0.2) is 42.5 Å². The molecule has 3 rings (SSSR count). The molecule has 2 aromatic rings. The Morgan fingerprint density at radius 1 is 0.897 bits per heavy atom. The summed E-state index contributed by atoms with van der Waals surface area (Å²) in [5.41, 5.74) is -2.71. The molecule has 1 aliphatic carbocycles. The van der Waals surface area contributed by atoms with Crippen molar-refractivity contribution in [2.24, 2.45) is 0 Å². The topological polar surface area (TPSA) is 249 Å². The van der Waals surface area contributed by atoms with Crippen LogP contribution >= 0.6 is 0 Å². The molecular formula is C25H24O14. The van der Waals surface area contributed by atoms with E-state index in [1.54, 1.807) is 0 Å². The van der Waals surface area contributed by atoms with Gasteiger partial charge in [0.2, 0.25) is 0 Å². The van der Waals surface area contributed by atoms with Gasteiger partial charge < -0.3 is 50.3 Å². The molecule has 4 atom stereocenters. The van der Waals surface area contributed by atoms with Gasteiger partial charge in [0.25, 0.3) is 5.79 Å². The van der Waals surface area contributed by atoms with Gasteiger partial charge in [-0.3, -0.25) is 9.59 Å². The Balaban J connectivity index is 1.80. The van der Waals surface area contributed by atoms with Crippen LogP contribution < -0.4 is 0 Å². The number of carbonyl (C=O) groups is 4. The number of carbonyl (C=O) groups excluding carboxylic acids is 3. The molecule has 0 spiro atoms. The molecule has 4 unspecified atom stereocenters. The number of aliphatic hydroxyl groups excluding tert-OH is 1. The summed E-state index contributed by atoms with van der Waals surface area (Å²) in [6.07, 6.45) is -5.68. The SMILES string of the molecule is O=C(C=Cc1ccc(O)c(O)c1)OC1(O)C(O)CC(O)(C(=O)O)CC1OC(=O)CC(=O)c1ccc(O)c(O)c1. The van der Waals surface area contributed by atoms with Crippen LogP contribution in [0.25, 0.3) is 6.08 Å². The highest BCUT2D eigenvalue weighted by molar-refractivity contribution is 6.06. The van der Waals surface area contributed by atoms with Gasteiger partial charge >= 0.3 is 17.9 Å². The third-order valence-electron chi connectivity index (χ3n) is 5.94. The number of hydrogen-bond donors (Lipinski definition) is 8. The molecule has 1 aliphatic rings. The minimum absolute atomic E-state index is 0.208. The number of carboxylic acid groups (broad SMARTS) is 1. The number of esters is 2. The molecule has 0 radical (unpaired) electrons. The number of benzene rings is 2. The Morgan fingerprint density at radius 3 is 2.10 bits per heavy atom. The van der Waals surface area contributed by atoms with Crippen LogP contribution in [0.5, 0.6) is 23.0 Å². The Kier molecular flexibility index (Phi) is 8.14. The smallest absolute Gasteiger partial charge is 0.335 e. The van der Waals surface area contributed by atoms with E-state index in [1.165, 1.54) is 6.07 Å². The molecule has 2 aromatic carbocycles. The summed E-state index contributed by atoms with van der Waals surface area (Å²) in [6, 6.07) is 6.48. The quantitative estimate of drug-likeness (QED) is 0.0536. The molecule has 0 amide bonds. The highest BCUT2D eigenvalue weighted by atomic mass is 16.7. The van der Waals surface area contributed by atoms with E-state index in [1.807, 2.05) is 0 Å². The summed E-state index contributed by atoms with van der Waals surface area (Å²) < 4.78 is 9.91. The summed E-state index contributed by atoms with van der Waals surface area (Å²) in [4.78, 5) is 48.9. The monoisotopic (exact) mass is 548 g/mol. The molecule has 1 fully saturated rings. The molecule has 0 aromatic heterocycles. The number of Topliss-reactive ketones (excluding diaryl/α,β-unsaturated/α-hetero) is 1. The van der Waals surface area contributed by atoms with E-state index in [0.717, 1.165) is 42.5 Å². The van der Waals surface area contributed by atoms with Gasteiger partial charge in [0, 0.05) is 24.5 Å². The number of hydrogen-bond acceptors (Lipinski definition) is 13. The second-order valence-corrected chi connectivity index (χ2v) is 8.80. The van der Waals surface area contributed by atoms with E-state index < -0.39 is 89.5 Å². The number of carboxylic acids is 1. The van der Waals surface area contributed by atoms with Crippen LogP contribution in [0.4, 0.5) is 0 Å². The zero-order valence-corrected chi connectivity index (χ0v) is 19.9. The number of aromatic hydroxyl groups is 4. The average Bonchev–Trinajstić information content (AvgIpc) is 2.84. The molecule has 0 heterocycles. The fraction of sp³-hybridized carbons (Fsp3) is 0.280. The van der Waals surface area contributed by atoms with Crippen molar-refractivity contribution in [3.05, 3.63) is 53.6 Å². The molecule has 14 heteroatoms. The maximum Gasteiger partial charge on any atom is 0.335 e. The summed E-state index contributed by atoms with van der Waals surface area (Å²) >= 11 is 0. The molecule has 0 saturated heterocycles. The number of ketones is 1. The van der Waals surface area contributed by atoms with Crippen molar-refractivity contribution in [1.29, 1.82) is 0 Å². The first-order valence-electron chi connectivity index (χ1n) is 11.2. The van der Waals surface area contributed by atoms with Crippen LogP contribution in [-0.4, -0.2) is 88.1 Å². The molecule has 39 heavy (non-hydrogen) atoms. The van der Waals surface area contributed by atoms with Gasteiger partial charge in [-0.1, -0.05) is 6.07 Å². The molecule has 0 bridgehead atoms. The lowest BCUT2D eigenvalue weighted by molar-refractivity contribution is -0.315. The van der Waals surface area contributed by atoms with Crippen LogP contribution in [0.2, 0.25) is 0 Å². The molecule has 1 saturated carbocycles. The molecular weight excluding hydrogens is 524 g/mol. The second kappa shape index (κ2) is 11.0. The predicted molar refractivity (Wildman–Crippen MR) is 126 cm³/mol. The fourth-order valence-electron chi connectivity index (χ4n) is 3.79. The van der Waals surface area contributed by atoms with Crippen molar-refractivity contribution in [3.63, 3.8) is 0 Å². The fourth-order valence-corrected chi connectivity index (χ4v) is 3.79. The first-order valence-corrected chi connectivity index (χ1v) is 11.2. The van der Waals surface area contributed by atoms with E-state index in [0.29, 0.717) is 0 Å². The van der Waals surface area contributed by atoms with Gasteiger partial charge in [-0.15, -0.1) is 0 Å². The summed E-state index contributed by atoms with van der Waals surface area (Å²) in [7, 11) is 0. The normalized spacial score (nSPS) is 24.7. The van der Waals surface area contributed by atoms with Crippen molar-refractivity contribution in [2.45, 2.75) is 42.9 Å². The van der Waals surface area contributed by atoms with Gasteiger partial charge in [0.05, 0.1) is 0 Å². The number of phenolic OH excluding ortho intramolecular Hbond substituents is 4. The molecule has 208 valence electrons. The third-order valence-corrected chi connectivity index (χ3v) is 5.94. The number of phenols is 4. The largest absolute Gasteiger partial charge is 0.504 e. The zero-order chi connectivity index (χ0) is 29.1. The first kappa shape index (κ1) is 28.9. The number of ether oxygens (including phenoxy) is 2. The van der Waals surface area contributed by atoms with Crippen LogP contribution in [0.1, 0.15) is 35.2 Å². The Hall–Kier alpha value is -4.66. The van der Waals surface area contributed by atoms with E-state index in [2.05, 4.69) is 0 Å².